The van der Waals surface area contributed by atoms with Gasteiger partial charge in [-0.2, -0.15) is 0 Å². The van der Waals surface area contributed by atoms with Gasteiger partial charge in [0, 0.05) is 0 Å². The number of rotatable bonds is 6. The SMILES string of the molecule is Cc1ccc(-c2ccccc2-c2cccc(C)c2)cc1.Cc1ccc(-c2ccccc2-c2ccccc2C)cc1.Cc1cccc(-c2ccccc2-c2ccccc2C)c1. The third kappa shape index (κ3) is 10.2. The summed E-state index contributed by atoms with van der Waals surface area (Å²) in [4.78, 5) is 0. The highest BCUT2D eigenvalue weighted by molar-refractivity contribution is 5.86. The van der Waals surface area contributed by atoms with Crippen molar-refractivity contribution < 1.29 is 0 Å². The quantitative estimate of drug-likeness (QED) is 0.158. The van der Waals surface area contributed by atoms with E-state index in [1.54, 1.807) is 0 Å². The van der Waals surface area contributed by atoms with E-state index in [9.17, 15) is 0 Å². The first-order valence-electron chi connectivity index (χ1n) is 20.9. The van der Waals surface area contributed by atoms with Crippen LogP contribution in [0.15, 0.2) is 218 Å². The Morgan fingerprint density at radius 2 is 0.467 bits per heavy atom. The van der Waals surface area contributed by atoms with Crippen molar-refractivity contribution in [1.29, 1.82) is 0 Å². The van der Waals surface area contributed by atoms with Gasteiger partial charge in [0.15, 0.2) is 0 Å². The van der Waals surface area contributed by atoms with Crippen molar-refractivity contribution in [2.24, 2.45) is 0 Å². The second-order valence-corrected chi connectivity index (χ2v) is 15.7. The number of benzene rings is 9. The van der Waals surface area contributed by atoms with Crippen molar-refractivity contribution in [2.75, 3.05) is 0 Å². The van der Waals surface area contributed by atoms with E-state index < -0.39 is 0 Å². The zero-order chi connectivity index (χ0) is 41.8. The summed E-state index contributed by atoms with van der Waals surface area (Å²) in [5.74, 6) is 0. The van der Waals surface area contributed by atoms with Crippen molar-refractivity contribution in [2.45, 2.75) is 41.5 Å². The lowest BCUT2D eigenvalue weighted by Gasteiger charge is -2.12. The van der Waals surface area contributed by atoms with Gasteiger partial charge >= 0.3 is 0 Å². The molecule has 9 aromatic carbocycles. The van der Waals surface area contributed by atoms with Crippen molar-refractivity contribution in [3.05, 3.63) is 252 Å². The van der Waals surface area contributed by atoms with Crippen LogP contribution in [0.1, 0.15) is 33.4 Å². The van der Waals surface area contributed by atoms with Gasteiger partial charge in [0.25, 0.3) is 0 Å². The first kappa shape index (κ1) is 41.2. The van der Waals surface area contributed by atoms with Crippen LogP contribution in [0.3, 0.4) is 0 Å². The first-order chi connectivity index (χ1) is 29.2. The molecule has 0 fully saturated rings. The highest BCUT2D eigenvalue weighted by Gasteiger charge is 2.10. The molecule has 0 unspecified atom stereocenters. The minimum atomic E-state index is 1.27. The second kappa shape index (κ2) is 19.6. The molecule has 0 aliphatic rings. The molecule has 0 saturated heterocycles. The molecule has 9 rings (SSSR count). The summed E-state index contributed by atoms with van der Waals surface area (Å²) in [5, 5.41) is 0. The summed E-state index contributed by atoms with van der Waals surface area (Å²) in [6, 6.07) is 77.8. The van der Waals surface area contributed by atoms with Crippen LogP contribution in [-0.4, -0.2) is 0 Å². The van der Waals surface area contributed by atoms with Crippen LogP contribution in [0.2, 0.25) is 0 Å². The van der Waals surface area contributed by atoms with Crippen LogP contribution in [0, 0.1) is 41.5 Å². The first-order valence-corrected chi connectivity index (χ1v) is 20.9. The van der Waals surface area contributed by atoms with Gasteiger partial charge < -0.3 is 0 Å². The van der Waals surface area contributed by atoms with Gasteiger partial charge in [-0.1, -0.05) is 241 Å². The number of aryl methyl sites for hydroxylation is 6. The maximum atomic E-state index is 2.25. The Balaban J connectivity index is 0.000000136. The molecule has 0 amide bonds. The van der Waals surface area contributed by atoms with Crippen molar-refractivity contribution >= 4 is 0 Å². The summed E-state index contributed by atoms with van der Waals surface area (Å²) in [7, 11) is 0. The third-order valence-corrected chi connectivity index (χ3v) is 11.0. The van der Waals surface area contributed by atoms with Crippen LogP contribution >= 0.6 is 0 Å². The highest BCUT2D eigenvalue weighted by atomic mass is 14.1. The fraction of sp³-hybridized carbons (Fsp3) is 0.100. The van der Waals surface area contributed by atoms with Gasteiger partial charge in [-0.15, -0.1) is 0 Å². The van der Waals surface area contributed by atoms with E-state index in [0.717, 1.165) is 0 Å². The van der Waals surface area contributed by atoms with E-state index in [0.29, 0.717) is 0 Å². The average Bonchev–Trinajstić information content (AvgIpc) is 3.28. The third-order valence-electron chi connectivity index (χ3n) is 11.0. The van der Waals surface area contributed by atoms with E-state index >= 15 is 0 Å². The molecule has 0 nitrogen and oxygen atoms in total. The maximum absolute atomic E-state index is 2.25. The molecule has 9 aromatic rings. The standard InChI is InChI=1S/3C20H18/c1-15-8-7-10-17(14-15)19-12-5-6-13-20(19)18-11-4-3-9-16(18)2;1-15-10-12-17(13-11-15)19-8-3-4-9-20(19)18-7-5-6-16(2)14-18;1-15-11-13-17(14-12-15)19-9-5-6-10-20(19)18-8-4-3-7-16(18)2/h3*3-14H,1-2H3. The lowest BCUT2D eigenvalue weighted by Crippen LogP contribution is -1.88. The number of hydrogen-bond acceptors (Lipinski definition) is 0. The zero-order valence-electron chi connectivity index (χ0n) is 35.8. The lowest BCUT2D eigenvalue weighted by molar-refractivity contribution is 1.44. The largest absolute Gasteiger partial charge is 0.0620 e. The molecule has 294 valence electrons. The monoisotopic (exact) mass is 774 g/mol. The molecular weight excluding hydrogens is 721 g/mol. The van der Waals surface area contributed by atoms with Crippen LogP contribution < -0.4 is 0 Å². The Morgan fingerprint density at radius 1 is 0.183 bits per heavy atom. The summed E-state index contributed by atoms with van der Waals surface area (Å²) >= 11 is 0. The van der Waals surface area contributed by atoms with E-state index in [2.05, 4.69) is 260 Å². The minimum Gasteiger partial charge on any atom is -0.0620 e. The molecule has 0 N–H and O–H groups in total. The molecule has 0 saturated carbocycles. The molecule has 0 aliphatic heterocycles. The van der Waals surface area contributed by atoms with Crippen molar-refractivity contribution in [3.8, 4) is 66.8 Å². The van der Waals surface area contributed by atoms with Crippen LogP contribution in [0.4, 0.5) is 0 Å². The van der Waals surface area contributed by atoms with Gasteiger partial charge in [0.05, 0.1) is 0 Å². The maximum Gasteiger partial charge on any atom is -0.0103 e. The smallest absolute Gasteiger partial charge is 0.0103 e. The molecule has 0 heterocycles. The zero-order valence-corrected chi connectivity index (χ0v) is 35.8. The normalized spacial score (nSPS) is 10.5. The molecular formula is C60H54. The lowest BCUT2D eigenvalue weighted by atomic mass is 9.92. The molecule has 0 radical (unpaired) electrons. The Hall–Kier alpha value is -7.02. The predicted octanol–water partition coefficient (Wildman–Crippen LogP) is 16.9. The molecule has 0 bridgehead atoms. The Labute approximate surface area is 358 Å². The summed E-state index contributed by atoms with van der Waals surface area (Å²) < 4.78 is 0. The van der Waals surface area contributed by atoms with E-state index in [1.165, 1.54) is 100 Å². The van der Waals surface area contributed by atoms with E-state index in [1.807, 2.05) is 0 Å². The fourth-order valence-corrected chi connectivity index (χ4v) is 7.77. The van der Waals surface area contributed by atoms with Crippen molar-refractivity contribution in [1.82, 2.24) is 0 Å². The predicted molar refractivity (Wildman–Crippen MR) is 260 cm³/mol. The van der Waals surface area contributed by atoms with E-state index in [4.69, 9.17) is 0 Å². The Kier molecular flexibility index (Phi) is 13.5. The summed E-state index contributed by atoms with van der Waals surface area (Å²) in [5.41, 5.74) is 23.3. The number of hydrogen-bond donors (Lipinski definition) is 0. The van der Waals surface area contributed by atoms with Gasteiger partial charge in [-0.3, -0.25) is 0 Å². The molecule has 0 aromatic heterocycles. The molecule has 60 heavy (non-hydrogen) atoms. The molecule has 0 atom stereocenters. The van der Waals surface area contributed by atoms with E-state index in [-0.39, 0.29) is 0 Å². The van der Waals surface area contributed by atoms with Crippen LogP contribution in [0.25, 0.3) is 66.8 Å². The topological polar surface area (TPSA) is 0 Å². The molecule has 0 spiro atoms. The Bertz CT molecular complexity index is 2800. The van der Waals surface area contributed by atoms with Gasteiger partial charge in [-0.25, -0.2) is 0 Å². The summed E-state index contributed by atoms with van der Waals surface area (Å²) in [6.07, 6.45) is 0. The van der Waals surface area contributed by atoms with Crippen molar-refractivity contribution in [3.63, 3.8) is 0 Å². The van der Waals surface area contributed by atoms with Gasteiger partial charge in [-0.05, 0) is 119 Å². The molecule has 0 heteroatoms. The second-order valence-electron chi connectivity index (χ2n) is 15.7. The van der Waals surface area contributed by atoms with Gasteiger partial charge in [0.2, 0.25) is 0 Å². The summed E-state index contributed by atoms with van der Waals surface area (Å²) in [6.45, 7) is 12.9. The Morgan fingerprint density at radius 3 is 0.817 bits per heavy atom. The molecule has 0 aliphatic carbocycles. The van der Waals surface area contributed by atoms with Crippen LogP contribution in [0.5, 0.6) is 0 Å². The fourth-order valence-electron chi connectivity index (χ4n) is 7.77. The highest BCUT2D eigenvalue weighted by Crippen LogP contribution is 2.36. The minimum absolute atomic E-state index is 1.27. The van der Waals surface area contributed by atoms with Gasteiger partial charge in [0.1, 0.15) is 0 Å². The average molecular weight is 775 g/mol. The van der Waals surface area contributed by atoms with Crippen LogP contribution in [-0.2, 0) is 0 Å².